The average molecular weight is 378 g/mol. The number of carbonyl (C=O) groups excluding carboxylic acids is 1. The van der Waals surface area contributed by atoms with E-state index in [9.17, 15) is 18.0 Å². The van der Waals surface area contributed by atoms with Crippen LogP contribution in [0.3, 0.4) is 0 Å². The Balaban J connectivity index is 2.53. The largest absolute Gasteiger partial charge is 0.480 e. The number of hydrogen-bond donors (Lipinski definition) is 1. The maximum Gasteiger partial charge on any atom is 0.323 e. The smallest absolute Gasteiger partial charge is 0.323 e. The number of sulfone groups is 1. The summed E-state index contributed by atoms with van der Waals surface area (Å²) in [5.41, 5.74) is 0. The molecule has 0 aromatic heterocycles. The highest BCUT2D eigenvalue weighted by Crippen LogP contribution is 2.17. The highest BCUT2D eigenvalue weighted by Gasteiger charge is 2.17. The lowest BCUT2D eigenvalue weighted by atomic mass is 10.3. The summed E-state index contributed by atoms with van der Waals surface area (Å²) >= 11 is 3.23. The van der Waals surface area contributed by atoms with Gasteiger partial charge in [0.1, 0.15) is 6.54 Å². The molecule has 0 radical (unpaired) electrons. The van der Waals surface area contributed by atoms with Gasteiger partial charge in [-0.3, -0.25) is 9.59 Å². The molecule has 21 heavy (non-hydrogen) atoms. The summed E-state index contributed by atoms with van der Waals surface area (Å²) < 4.78 is 24.9. The fourth-order valence-corrected chi connectivity index (χ4v) is 3.23. The molecule has 116 valence electrons. The molecule has 8 heteroatoms. The van der Waals surface area contributed by atoms with Crippen molar-refractivity contribution in [2.45, 2.75) is 17.7 Å². The van der Waals surface area contributed by atoms with Crippen LogP contribution < -0.4 is 0 Å². The molecule has 0 saturated heterocycles. The molecule has 1 rings (SSSR count). The molecule has 1 N–H and O–H groups in total. The molecule has 0 aliphatic carbocycles. The highest BCUT2D eigenvalue weighted by molar-refractivity contribution is 9.10. The van der Waals surface area contributed by atoms with E-state index in [1.807, 2.05) is 0 Å². The van der Waals surface area contributed by atoms with Crippen molar-refractivity contribution in [3.63, 3.8) is 0 Å². The molecule has 0 atom stereocenters. The van der Waals surface area contributed by atoms with Crippen LogP contribution in [0.5, 0.6) is 0 Å². The molecule has 0 fully saturated rings. The van der Waals surface area contributed by atoms with E-state index >= 15 is 0 Å². The number of aliphatic carboxylic acids is 1. The van der Waals surface area contributed by atoms with E-state index in [4.69, 9.17) is 5.11 Å². The first-order valence-corrected chi connectivity index (χ1v) is 8.61. The van der Waals surface area contributed by atoms with Gasteiger partial charge in [0.05, 0.1) is 10.6 Å². The topological polar surface area (TPSA) is 91.8 Å². The summed E-state index contributed by atoms with van der Waals surface area (Å²) in [4.78, 5) is 23.3. The first-order chi connectivity index (χ1) is 9.72. The van der Waals surface area contributed by atoms with Crippen molar-refractivity contribution in [3.05, 3.63) is 28.7 Å². The van der Waals surface area contributed by atoms with E-state index in [1.54, 1.807) is 12.1 Å². The first kappa shape index (κ1) is 17.6. The molecule has 1 amide bonds. The van der Waals surface area contributed by atoms with Gasteiger partial charge in [-0.2, -0.15) is 0 Å². The highest BCUT2D eigenvalue weighted by atomic mass is 79.9. The van der Waals surface area contributed by atoms with Gasteiger partial charge in [0.25, 0.3) is 0 Å². The number of halogens is 1. The van der Waals surface area contributed by atoms with Crippen LogP contribution in [-0.4, -0.2) is 49.6 Å². The van der Waals surface area contributed by atoms with E-state index in [1.165, 1.54) is 19.2 Å². The zero-order chi connectivity index (χ0) is 16.0. The number of carboxylic acid groups (broad SMARTS) is 1. The Kier molecular flexibility index (Phi) is 6.35. The van der Waals surface area contributed by atoms with Crippen LogP contribution in [0.15, 0.2) is 33.6 Å². The van der Waals surface area contributed by atoms with Crippen LogP contribution in [0.1, 0.15) is 12.8 Å². The number of likely N-dealkylation sites (N-methyl/N-ethyl adjacent to an activating group) is 1. The van der Waals surface area contributed by atoms with Crippen molar-refractivity contribution in [2.75, 3.05) is 19.3 Å². The van der Waals surface area contributed by atoms with E-state index in [2.05, 4.69) is 15.9 Å². The van der Waals surface area contributed by atoms with Crippen molar-refractivity contribution < 1.29 is 23.1 Å². The molecule has 0 saturated carbocycles. The zero-order valence-electron chi connectivity index (χ0n) is 11.5. The summed E-state index contributed by atoms with van der Waals surface area (Å²) in [6.45, 7) is -0.391. The fraction of sp³-hybridized carbons (Fsp3) is 0.385. The summed E-state index contributed by atoms with van der Waals surface area (Å²) in [6, 6.07) is 6.27. The Morgan fingerprint density at radius 1 is 1.24 bits per heavy atom. The molecule has 0 spiro atoms. The SMILES string of the molecule is CN(CC(=O)O)C(=O)CCCS(=O)(=O)c1ccc(Br)cc1. The van der Waals surface area contributed by atoms with Crippen molar-refractivity contribution in [3.8, 4) is 0 Å². The minimum Gasteiger partial charge on any atom is -0.480 e. The quantitative estimate of drug-likeness (QED) is 0.777. The lowest BCUT2D eigenvalue weighted by Gasteiger charge is -2.14. The van der Waals surface area contributed by atoms with Crippen molar-refractivity contribution >= 4 is 37.6 Å². The standard InChI is InChI=1S/C13H16BrNO5S/c1-15(9-13(17)18)12(16)3-2-8-21(19,20)11-6-4-10(14)5-7-11/h4-7H,2-3,8-9H2,1H3,(H,17,18). The monoisotopic (exact) mass is 377 g/mol. The van der Waals surface area contributed by atoms with E-state index < -0.39 is 22.4 Å². The van der Waals surface area contributed by atoms with Crippen LogP contribution in [0, 0.1) is 0 Å². The molecule has 1 aromatic rings. The van der Waals surface area contributed by atoms with Gasteiger partial charge in [-0.1, -0.05) is 15.9 Å². The summed E-state index contributed by atoms with van der Waals surface area (Å²) in [5, 5.41) is 8.56. The molecule has 1 aromatic carbocycles. The molecular weight excluding hydrogens is 362 g/mol. The summed E-state index contributed by atoms with van der Waals surface area (Å²) in [6.07, 6.45) is 0.153. The van der Waals surface area contributed by atoms with Gasteiger partial charge in [-0.15, -0.1) is 0 Å². The third-order valence-electron chi connectivity index (χ3n) is 2.77. The van der Waals surface area contributed by atoms with E-state index in [0.29, 0.717) is 0 Å². The lowest BCUT2D eigenvalue weighted by Crippen LogP contribution is -2.32. The second-order valence-corrected chi connectivity index (χ2v) is 7.54. The second-order valence-electron chi connectivity index (χ2n) is 4.52. The van der Waals surface area contributed by atoms with Crippen LogP contribution in [0.2, 0.25) is 0 Å². The van der Waals surface area contributed by atoms with Crippen LogP contribution in [-0.2, 0) is 19.4 Å². The van der Waals surface area contributed by atoms with Crippen LogP contribution in [0.25, 0.3) is 0 Å². The van der Waals surface area contributed by atoms with Crippen molar-refractivity contribution in [2.24, 2.45) is 0 Å². The van der Waals surface area contributed by atoms with Gasteiger partial charge in [0.15, 0.2) is 9.84 Å². The minimum atomic E-state index is -3.43. The predicted octanol–water partition coefficient (Wildman–Crippen LogP) is 1.55. The third-order valence-corrected chi connectivity index (χ3v) is 5.12. The Morgan fingerprint density at radius 3 is 2.33 bits per heavy atom. The molecule has 0 unspecified atom stereocenters. The Labute approximate surface area is 131 Å². The van der Waals surface area contributed by atoms with Gasteiger partial charge < -0.3 is 10.0 Å². The number of benzene rings is 1. The zero-order valence-corrected chi connectivity index (χ0v) is 13.9. The number of rotatable bonds is 7. The Morgan fingerprint density at radius 2 is 1.81 bits per heavy atom. The maximum atomic E-state index is 12.0. The lowest BCUT2D eigenvalue weighted by molar-refractivity contribution is -0.143. The summed E-state index contributed by atoms with van der Waals surface area (Å²) in [7, 11) is -2.05. The van der Waals surface area contributed by atoms with Gasteiger partial charge in [-0.25, -0.2) is 8.42 Å². The third kappa shape index (κ3) is 5.84. The number of nitrogens with zero attached hydrogens (tertiary/aromatic N) is 1. The van der Waals surface area contributed by atoms with Gasteiger partial charge in [-0.05, 0) is 30.7 Å². The number of amides is 1. The second kappa shape index (κ2) is 7.56. The van der Waals surface area contributed by atoms with Crippen molar-refractivity contribution in [1.82, 2.24) is 4.90 Å². The van der Waals surface area contributed by atoms with Gasteiger partial charge in [0.2, 0.25) is 5.91 Å². The van der Waals surface area contributed by atoms with Gasteiger partial charge >= 0.3 is 5.97 Å². The molecule has 6 nitrogen and oxygen atoms in total. The molecule has 0 bridgehead atoms. The molecule has 0 heterocycles. The van der Waals surface area contributed by atoms with E-state index in [0.717, 1.165) is 9.37 Å². The summed E-state index contributed by atoms with van der Waals surface area (Å²) in [5.74, 6) is -1.64. The Bertz CT molecular complexity index is 612. The van der Waals surface area contributed by atoms with Crippen LogP contribution in [0.4, 0.5) is 0 Å². The Hall–Kier alpha value is -1.41. The first-order valence-electron chi connectivity index (χ1n) is 6.16. The molecule has 0 aliphatic heterocycles. The molecule has 0 aliphatic rings. The van der Waals surface area contributed by atoms with E-state index in [-0.39, 0.29) is 29.4 Å². The van der Waals surface area contributed by atoms with Gasteiger partial charge in [0, 0.05) is 17.9 Å². The van der Waals surface area contributed by atoms with Crippen molar-refractivity contribution in [1.29, 1.82) is 0 Å². The number of carbonyl (C=O) groups is 2. The molecular formula is C13H16BrNO5S. The average Bonchev–Trinajstić information content (AvgIpc) is 2.38. The minimum absolute atomic E-state index is 0.000458. The normalized spacial score (nSPS) is 11.1. The maximum absolute atomic E-state index is 12.0. The predicted molar refractivity (Wildman–Crippen MR) is 80.7 cm³/mol. The fourth-order valence-electron chi connectivity index (χ4n) is 1.66. The number of carboxylic acids is 1. The number of hydrogen-bond acceptors (Lipinski definition) is 4. The van der Waals surface area contributed by atoms with Crippen LogP contribution >= 0.6 is 15.9 Å².